The molecule has 0 radical (unpaired) electrons. The first-order valence-electron chi connectivity index (χ1n) is 13.4. The van der Waals surface area contributed by atoms with Crippen molar-refractivity contribution in [2.24, 2.45) is 11.8 Å². The number of rotatable bonds is 8. The minimum Gasteiger partial charge on any atom is -0.462 e. The molecule has 188 valence electrons. The van der Waals surface area contributed by atoms with Gasteiger partial charge in [0.05, 0.1) is 29.7 Å². The fraction of sp³-hybridized carbons (Fsp3) is 0.344. The van der Waals surface area contributed by atoms with Crippen molar-refractivity contribution in [3.05, 3.63) is 101 Å². The number of hydrogen-bond donors (Lipinski definition) is 0. The third-order valence-electron chi connectivity index (χ3n) is 8.29. The Morgan fingerprint density at radius 2 is 1.19 bits per heavy atom. The van der Waals surface area contributed by atoms with Gasteiger partial charge in [-0.1, -0.05) is 93.3 Å². The fourth-order valence-electron chi connectivity index (χ4n) is 6.70. The van der Waals surface area contributed by atoms with Gasteiger partial charge in [-0.2, -0.15) is 0 Å². The van der Waals surface area contributed by atoms with Crippen LogP contribution in [0.2, 0.25) is 0 Å². The summed E-state index contributed by atoms with van der Waals surface area (Å²) < 4.78 is 5.57. The first-order chi connectivity index (χ1) is 18.1. The van der Waals surface area contributed by atoms with Crippen LogP contribution in [0.15, 0.2) is 72.8 Å². The van der Waals surface area contributed by atoms with Crippen LogP contribution < -0.4 is 4.90 Å². The van der Waals surface area contributed by atoms with Gasteiger partial charge in [0.25, 0.3) is 0 Å². The molecule has 5 heteroatoms. The largest absolute Gasteiger partial charge is 0.462 e. The van der Waals surface area contributed by atoms with Crippen molar-refractivity contribution in [3.8, 4) is 0 Å². The van der Waals surface area contributed by atoms with E-state index in [1.165, 1.54) is 11.3 Å². The molecule has 37 heavy (non-hydrogen) atoms. The van der Waals surface area contributed by atoms with Crippen LogP contribution in [0.1, 0.15) is 83.5 Å². The van der Waals surface area contributed by atoms with E-state index in [0.717, 1.165) is 47.9 Å². The van der Waals surface area contributed by atoms with Crippen LogP contribution in [-0.2, 0) is 14.3 Å². The zero-order chi connectivity index (χ0) is 25.5. The molecule has 0 N–H and O–H groups in total. The Morgan fingerprint density at radius 1 is 0.703 bits per heavy atom. The van der Waals surface area contributed by atoms with Crippen molar-refractivity contribution >= 4 is 23.5 Å². The molecule has 4 aliphatic rings. The average Bonchev–Trinajstić information content (AvgIpc) is 3.20. The maximum Gasteiger partial charge on any atom is 0.340 e. The molecule has 1 heterocycles. The molecule has 2 unspecified atom stereocenters. The lowest BCUT2D eigenvalue weighted by Crippen LogP contribution is -2.41. The highest BCUT2D eigenvalue weighted by Gasteiger charge is 2.62. The number of imide groups is 1. The minimum absolute atomic E-state index is 0.175. The Hall–Kier alpha value is -3.73. The van der Waals surface area contributed by atoms with Gasteiger partial charge in [-0.25, -0.2) is 9.69 Å². The van der Waals surface area contributed by atoms with Crippen molar-refractivity contribution in [1.29, 1.82) is 0 Å². The summed E-state index contributed by atoms with van der Waals surface area (Å²) in [5.41, 5.74) is 5.11. The van der Waals surface area contributed by atoms with Gasteiger partial charge in [-0.3, -0.25) is 9.59 Å². The highest BCUT2D eigenvalue weighted by Crippen LogP contribution is 2.61. The average molecular weight is 494 g/mol. The van der Waals surface area contributed by atoms with Crippen molar-refractivity contribution in [2.45, 2.75) is 50.9 Å². The zero-order valence-corrected chi connectivity index (χ0v) is 21.1. The second-order valence-corrected chi connectivity index (χ2v) is 10.3. The minimum atomic E-state index is -0.490. The molecule has 1 aliphatic heterocycles. The maximum atomic E-state index is 14.0. The molecule has 2 atom stereocenters. The summed E-state index contributed by atoms with van der Waals surface area (Å²) in [6.07, 6.45) is 5.27. The highest BCUT2D eigenvalue weighted by molar-refractivity contribution is 6.25. The van der Waals surface area contributed by atoms with E-state index < -0.39 is 17.8 Å². The van der Waals surface area contributed by atoms with Gasteiger partial charge in [0.15, 0.2) is 0 Å². The number of hydrogen-bond acceptors (Lipinski definition) is 4. The van der Waals surface area contributed by atoms with Crippen LogP contribution in [0.5, 0.6) is 0 Å². The quantitative estimate of drug-likeness (QED) is 0.213. The molecular formula is C32H31NO4. The lowest BCUT2D eigenvalue weighted by molar-refractivity contribution is -0.122. The summed E-state index contributed by atoms with van der Waals surface area (Å²) in [5.74, 6) is -2.26. The van der Waals surface area contributed by atoms with Gasteiger partial charge in [-0.05, 0) is 40.8 Å². The van der Waals surface area contributed by atoms with Crippen LogP contribution in [0, 0.1) is 11.8 Å². The van der Waals surface area contributed by atoms with E-state index in [9.17, 15) is 14.4 Å². The van der Waals surface area contributed by atoms with E-state index in [2.05, 4.69) is 31.2 Å². The Labute approximate surface area is 217 Å². The van der Waals surface area contributed by atoms with Crippen LogP contribution in [0.4, 0.5) is 5.69 Å². The molecule has 5 nitrogen and oxygen atoms in total. The normalized spacial score (nSPS) is 23.0. The summed E-state index contributed by atoms with van der Waals surface area (Å²) in [6.45, 7) is 2.50. The molecule has 3 aliphatic carbocycles. The number of benzene rings is 3. The summed E-state index contributed by atoms with van der Waals surface area (Å²) in [5, 5.41) is 0. The number of esters is 1. The first kappa shape index (κ1) is 23.7. The second kappa shape index (κ2) is 9.62. The molecular weight excluding hydrogens is 462 g/mol. The Bertz CT molecular complexity index is 1260. The third-order valence-corrected chi connectivity index (χ3v) is 8.29. The van der Waals surface area contributed by atoms with Crippen LogP contribution >= 0.6 is 0 Å². The van der Waals surface area contributed by atoms with E-state index in [4.69, 9.17) is 4.74 Å². The lowest BCUT2D eigenvalue weighted by Gasteiger charge is -2.45. The van der Waals surface area contributed by atoms with E-state index in [-0.39, 0.29) is 29.2 Å². The van der Waals surface area contributed by atoms with Crippen LogP contribution in [0.25, 0.3) is 0 Å². The molecule has 2 bridgehead atoms. The predicted molar refractivity (Wildman–Crippen MR) is 142 cm³/mol. The standard InChI is InChI=1S/C32H31NO4/c1-2-3-4-5-12-19-37-32(36)24-17-10-11-18-25(24)33-30(34)28-26-20-13-6-7-14-21(20)27(29(28)31(33)35)23-16-9-8-15-22(23)26/h6-11,13-18,26-29H,2-5,12,19H2,1H3. The number of para-hydroxylation sites is 1. The molecule has 3 aromatic carbocycles. The van der Waals surface area contributed by atoms with Gasteiger partial charge < -0.3 is 4.74 Å². The van der Waals surface area contributed by atoms with Crippen LogP contribution in [0.3, 0.4) is 0 Å². The van der Waals surface area contributed by atoms with Gasteiger partial charge in [0.1, 0.15) is 0 Å². The van der Waals surface area contributed by atoms with Gasteiger partial charge in [0, 0.05) is 11.8 Å². The summed E-state index contributed by atoms with van der Waals surface area (Å²) >= 11 is 0. The molecule has 1 saturated heterocycles. The molecule has 3 aromatic rings. The Kier molecular flexibility index (Phi) is 6.15. The Morgan fingerprint density at radius 3 is 1.73 bits per heavy atom. The van der Waals surface area contributed by atoms with Crippen molar-refractivity contribution in [2.75, 3.05) is 11.5 Å². The van der Waals surface area contributed by atoms with E-state index in [1.807, 2.05) is 24.3 Å². The summed E-state index contributed by atoms with van der Waals surface area (Å²) in [6, 6.07) is 23.2. The molecule has 1 fully saturated rings. The molecule has 2 amide bonds. The molecule has 0 saturated carbocycles. The molecule has 0 spiro atoms. The smallest absolute Gasteiger partial charge is 0.340 e. The van der Waals surface area contributed by atoms with Crippen molar-refractivity contribution < 1.29 is 19.1 Å². The van der Waals surface area contributed by atoms with Gasteiger partial charge in [-0.15, -0.1) is 0 Å². The van der Waals surface area contributed by atoms with Crippen molar-refractivity contribution in [1.82, 2.24) is 0 Å². The van der Waals surface area contributed by atoms with Gasteiger partial charge >= 0.3 is 5.97 Å². The molecule has 0 aromatic heterocycles. The summed E-state index contributed by atoms with van der Waals surface area (Å²) in [4.78, 5) is 42.4. The third kappa shape index (κ3) is 3.71. The summed E-state index contributed by atoms with van der Waals surface area (Å²) in [7, 11) is 0. The fourth-order valence-corrected chi connectivity index (χ4v) is 6.70. The van der Waals surface area contributed by atoms with Crippen LogP contribution in [-0.4, -0.2) is 24.4 Å². The van der Waals surface area contributed by atoms with Gasteiger partial charge in [0.2, 0.25) is 11.8 Å². The number of amides is 2. The second-order valence-electron chi connectivity index (χ2n) is 10.3. The lowest BCUT2D eigenvalue weighted by atomic mass is 9.55. The van der Waals surface area contributed by atoms with E-state index in [1.54, 1.807) is 24.3 Å². The maximum absolute atomic E-state index is 14.0. The number of anilines is 1. The predicted octanol–water partition coefficient (Wildman–Crippen LogP) is 6.21. The van der Waals surface area contributed by atoms with E-state index >= 15 is 0 Å². The number of nitrogens with zero attached hydrogens (tertiary/aromatic N) is 1. The van der Waals surface area contributed by atoms with E-state index in [0.29, 0.717) is 12.3 Å². The number of carbonyl (C=O) groups is 3. The zero-order valence-electron chi connectivity index (χ0n) is 21.1. The van der Waals surface area contributed by atoms with Crippen molar-refractivity contribution in [3.63, 3.8) is 0 Å². The topological polar surface area (TPSA) is 63.7 Å². The number of carbonyl (C=O) groups excluding carboxylic acids is 3. The first-order valence-corrected chi connectivity index (χ1v) is 13.4. The Balaban J connectivity index is 1.32. The number of unbranched alkanes of at least 4 members (excludes halogenated alkanes) is 4. The highest BCUT2D eigenvalue weighted by atomic mass is 16.5. The monoisotopic (exact) mass is 493 g/mol. The SMILES string of the molecule is CCCCCCCOC(=O)c1ccccc1N1C(=O)C2C3c4ccccc4C(c4ccccc43)C2C1=O. The molecule has 7 rings (SSSR count). The number of ether oxygens (including phenoxy) is 1.